The van der Waals surface area contributed by atoms with Crippen molar-refractivity contribution in [1.29, 1.82) is 0 Å². The summed E-state index contributed by atoms with van der Waals surface area (Å²) in [4.78, 5) is 0. The SMILES string of the molecule is C=C(C=CC=CC)CCC. The van der Waals surface area contributed by atoms with Crippen LogP contribution in [0.2, 0.25) is 0 Å². The lowest BCUT2D eigenvalue weighted by Crippen LogP contribution is -1.71. The Kier molecular flexibility index (Phi) is 5.85. The second-order valence-corrected chi connectivity index (χ2v) is 2.29. The Hall–Kier alpha value is -0.780. The number of allylic oxidation sites excluding steroid dienone is 5. The molecule has 56 valence electrons. The van der Waals surface area contributed by atoms with E-state index < -0.39 is 0 Å². The van der Waals surface area contributed by atoms with Crippen LogP contribution in [0.1, 0.15) is 26.7 Å². The fourth-order valence-electron chi connectivity index (χ4n) is 0.707. The fraction of sp³-hybridized carbons (Fsp3) is 0.400. The Bertz CT molecular complexity index is 138. The van der Waals surface area contributed by atoms with Crippen molar-refractivity contribution in [3.63, 3.8) is 0 Å². The number of hydrogen-bond acceptors (Lipinski definition) is 0. The van der Waals surface area contributed by atoms with Gasteiger partial charge in [0.15, 0.2) is 0 Å². The summed E-state index contributed by atoms with van der Waals surface area (Å²) in [5, 5.41) is 0. The molecule has 0 saturated heterocycles. The average Bonchev–Trinajstić information content (AvgIpc) is 1.89. The van der Waals surface area contributed by atoms with Gasteiger partial charge in [-0.15, -0.1) is 0 Å². The first-order chi connectivity index (χ1) is 4.81. The van der Waals surface area contributed by atoms with E-state index in [2.05, 4.69) is 19.6 Å². The fourth-order valence-corrected chi connectivity index (χ4v) is 0.707. The highest BCUT2D eigenvalue weighted by molar-refractivity contribution is 5.18. The van der Waals surface area contributed by atoms with E-state index in [9.17, 15) is 0 Å². The third kappa shape index (κ3) is 5.36. The molecule has 0 aromatic rings. The van der Waals surface area contributed by atoms with Gasteiger partial charge in [0.1, 0.15) is 0 Å². The first-order valence-electron chi connectivity index (χ1n) is 3.78. The maximum Gasteiger partial charge on any atom is -0.0287 e. The minimum atomic E-state index is 1.11. The van der Waals surface area contributed by atoms with Crippen molar-refractivity contribution in [2.45, 2.75) is 26.7 Å². The van der Waals surface area contributed by atoms with Gasteiger partial charge in [-0.1, -0.05) is 49.8 Å². The highest BCUT2D eigenvalue weighted by atomic mass is 13.9. The molecule has 0 aliphatic rings. The minimum Gasteiger partial charge on any atom is -0.0958 e. The standard InChI is InChI=1S/C10H16/c1-4-6-7-9-10(3)8-5-2/h4,6-7,9H,3,5,8H2,1-2H3. The van der Waals surface area contributed by atoms with E-state index in [4.69, 9.17) is 0 Å². The number of rotatable bonds is 4. The highest BCUT2D eigenvalue weighted by Gasteiger charge is 1.82. The Labute approximate surface area is 64.0 Å². The van der Waals surface area contributed by atoms with Crippen molar-refractivity contribution >= 4 is 0 Å². The van der Waals surface area contributed by atoms with E-state index in [0.29, 0.717) is 0 Å². The molecule has 0 unspecified atom stereocenters. The van der Waals surface area contributed by atoms with Crippen LogP contribution in [-0.4, -0.2) is 0 Å². The molecule has 0 nitrogen and oxygen atoms in total. The van der Waals surface area contributed by atoms with Gasteiger partial charge < -0.3 is 0 Å². The lowest BCUT2D eigenvalue weighted by molar-refractivity contribution is 0.930. The molecule has 0 amide bonds. The molecule has 0 heterocycles. The van der Waals surface area contributed by atoms with Crippen LogP contribution < -0.4 is 0 Å². The van der Waals surface area contributed by atoms with Crippen LogP contribution in [-0.2, 0) is 0 Å². The molecule has 0 fully saturated rings. The first kappa shape index (κ1) is 9.22. The summed E-state index contributed by atoms with van der Waals surface area (Å²) in [5.74, 6) is 0. The maximum atomic E-state index is 3.90. The van der Waals surface area contributed by atoms with Crippen LogP contribution in [0.3, 0.4) is 0 Å². The molecular formula is C10H16. The van der Waals surface area contributed by atoms with Crippen molar-refractivity contribution in [3.8, 4) is 0 Å². The number of hydrogen-bond donors (Lipinski definition) is 0. The van der Waals surface area contributed by atoms with Crippen LogP contribution in [0.5, 0.6) is 0 Å². The van der Waals surface area contributed by atoms with Gasteiger partial charge in [-0.3, -0.25) is 0 Å². The molecule has 0 atom stereocenters. The van der Waals surface area contributed by atoms with Gasteiger partial charge in [0.25, 0.3) is 0 Å². The average molecular weight is 136 g/mol. The molecule has 0 spiro atoms. The molecule has 0 radical (unpaired) electrons. The smallest absolute Gasteiger partial charge is 0.0287 e. The summed E-state index contributed by atoms with van der Waals surface area (Å²) in [6.07, 6.45) is 10.4. The molecule has 0 bridgehead atoms. The molecule has 0 aliphatic carbocycles. The molecule has 10 heavy (non-hydrogen) atoms. The van der Waals surface area contributed by atoms with Gasteiger partial charge >= 0.3 is 0 Å². The summed E-state index contributed by atoms with van der Waals surface area (Å²) in [6, 6.07) is 0. The lowest BCUT2D eigenvalue weighted by atomic mass is 10.1. The zero-order valence-corrected chi connectivity index (χ0v) is 6.93. The molecule has 0 aliphatic heterocycles. The van der Waals surface area contributed by atoms with E-state index in [1.165, 1.54) is 12.0 Å². The summed E-state index contributed by atoms with van der Waals surface area (Å²) < 4.78 is 0. The zero-order valence-electron chi connectivity index (χ0n) is 6.93. The predicted octanol–water partition coefficient (Wildman–Crippen LogP) is 3.48. The van der Waals surface area contributed by atoms with Crippen LogP contribution in [0.15, 0.2) is 36.5 Å². The highest BCUT2D eigenvalue weighted by Crippen LogP contribution is 2.02. The van der Waals surface area contributed by atoms with E-state index >= 15 is 0 Å². The minimum absolute atomic E-state index is 1.11. The quantitative estimate of drug-likeness (QED) is 0.519. The normalized spacial score (nSPS) is 11.4. The molecule has 0 saturated carbocycles. The summed E-state index contributed by atoms with van der Waals surface area (Å²) in [7, 11) is 0. The van der Waals surface area contributed by atoms with Gasteiger partial charge in [0.05, 0.1) is 0 Å². The van der Waals surface area contributed by atoms with Gasteiger partial charge in [-0.2, -0.15) is 0 Å². The van der Waals surface area contributed by atoms with Crippen molar-refractivity contribution in [2.75, 3.05) is 0 Å². The Morgan fingerprint density at radius 3 is 2.60 bits per heavy atom. The zero-order chi connectivity index (χ0) is 7.82. The third-order valence-electron chi connectivity index (χ3n) is 1.21. The van der Waals surface area contributed by atoms with E-state index in [1.807, 2.05) is 25.2 Å². The Morgan fingerprint density at radius 2 is 2.10 bits per heavy atom. The van der Waals surface area contributed by atoms with Crippen LogP contribution in [0.25, 0.3) is 0 Å². The van der Waals surface area contributed by atoms with Crippen LogP contribution in [0.4, 0.5) is 0 Å². The third-order valence-corrected chi connectivity index (χ3v) is 1.21. The van der Waals surface area contributed by atoms with Gasteiger partial charge in [-0.05, 0) is 13.3 Å². The largest absolute Gasteiger partial charge is 0.0958 e. The van der Waals surface area contributed by atoms with Crippen molar-refractivity contribution < 1.29 is 0 Å². The molecule has 0 heteroatoms. The second kappa shape index (κ2) is 6.34. The van der Waals surface area contributed by atoms with Crippen molar-refractivity contribution in [2.24, 2.45) is 0 Å². The summed E-state index contributed by atoms with van der Waals surface area (Å²) >= 11 is 0. The van der Waals surface area contributed by atoms with E-state index in [1.54, 1.807) is 0 Å². The Balaban J connectivity index is 3.56. The second-order valence-electron chi connectivity index (χ2n) is 2.29. The molecular weight excluding hydrogens is 120 g/mol. The predicted molar refractivity (Wildman–Crippen MR) is 48.0 cm³/mol. The van der Waals surface area contributed by atoms with Crippen molar-refractivity contribution in [3.05, 3.63) is 36.5 Å². The lowest BCUT2D eigenvalue weighted by Gasteiger charge is -1.91. The Morgan fingerprint density at radius 1 is 1.40 bits per heavy atom. The van der Waals surface area contributed by atoms with Crippen LogP contribution >= 0.6 is 0 Å². The molecule has 0 aromatic carbocycles. The first-order valence-corrected chi connectivity index (χ1v) is 3.78. The van der Waals surface area contributed by atoms with Gasteiger partial charge in [0.2, 0.25) is 0 Å². The van der Waals surface area contributed by atoms with Crippen LogP contribution in [0, 0.1) is 0 Å². The van der Waals surface area contributed by atoms with E-state index in [-0.39, 0.29) is 0 Å². The monoisotopic (exact) mass is 136 g/mol. The van der Waals surface area contributed by atoms with Crippen molar-refractivity contribution in [1.82, 2.24) is 0 Å². The summed E-state index contributed by atoms with van der Waals surface area (Å²) in [6.45, 7) is 8.06. The van der Waals surface area contributed by atoms with E-state index in [0.717, 1.165) is 6.42 Å². The molecule has 0 rings (SSSR count). The molecule has 0 aromatic heterocycles. The molecule has 0 N–H and O–H groups in total. The summed E-state index contributed by atoms with van der Waals surface area (Å²) in [5.41, 5.74) is 1.21. The van der Waals surface area contributed by atoms with Gasteiger partial charge in [0, 0.05) is 0 Å². The maximum absolute atomic E-state index is 3.90. The topological polar surface area (TPSA) is 0 Å². The van der Waals surface area contributed by atoms with Gasteiger partial charge in [-0.25, -0.2) is 0 Å².